The fourth-order valence-electron chi connectivity index (χ4n) is 1.69. The molecule has 0 radical (unpaired) electrons. The molecule has 0 bridgehead atoms. The second-order valence-electron chi connectivity index (χ2n) is 3.76. The van der Waals surface area contributed by atoms with Crippen LogP contribution >= 0.6 is 27.3 Å². The number of rotatable bonds is 3. The number of aromatic nitrogens is 4. The molecule has 0 aliphatic carbocycles. The molecule has 92 valence electrons. The quantitative estimate of drug-likeness (QED) is 0.801. The molecule has 2 N–H and O–H groups in total. The maximum Gasteiger partial charge on any atom is 0.234 e. The summed E-state index contributed by atoms with van der Waals surface area (Å²) in [4.78, 5) is 0.799. The van der Waals surface area contributed by atoms with Crippen molar-refractivity contribution in [2.24, 2.45) is 5.73 Å². The molecule has 0 fully saturated rings. The van der Waals surface area contributed by atoms with Crippen LogP contribution in [0.25, 0.3) is 16.3 Å². The number of nitrogens with two attached hydrogens (primary N) is 1. The van der Waals surface area contributed by atoms with Gasteiger partial charge in [0.2, 0.25) is 4.96 Å². The number of hydrogen-bond acceptors (Lipinski definition) is 5. The van der Waals surface area contributed by atoms with Gasteiger partial charge in [0.15, 0.2) is 5.82 Å². The van der Waals surface area contributed by atoms with Crippen molar-refractivity contribution >= 4 is 32.2 Å². The lowest BCUT2D eigenvalue weighted by Gasteiger charge is -1.97. The summed E-state index contributed by atoms with van der Waals surface area (Å²) in [6, 6.07) is 7.93. The Morgan fingerprint density at radius 1 is 1.33 bits per heavy atom. The highest BCUT2D eigenvalue weighted by molar-refractivity contribution is 9.10. The van der Waals surface area contributed by atoms with Crippen molar-refractivity contribution in [1.29, 1.82) is 0 Å². The van der Waals surface area contributed by atoms with E-state index in [0.717, 1.165) is 32.2 Å². The van der Waals surface area contributed by atoms with Gasteiger partial charge in [-0.3, -0.25) is 0 Å². The predicted octanol–water partition coefficient (Wildman–Crippen LogP) is 2.12. The van der Waals surface area contributed by atoms with Gasteiger partial charge in [-0.1, -0.05) is 39.4 Å². The van der Waals surface area contributed by atoms with E-state index in [4.69, 9.17) is 5.73 Å². The van der Waals surface area contributed by atoms with E-state index in [2.05, 4.69) is 31.2 Å². The molecule has 0 aliphatic rings. The fraction of sp³-hybridized carbons (Fsp3) is 0.182. The molecule has 2 aromatic heterocycles. The van der Waals surface area contributed by atoms with Crippen LogP contribution in [0.15, 0.2) is 28.7 Å². The largest absolute Gasteiger partial charge is 0.330 e. The molecule has 3 rings (SSSR count). The zero-order valence-corrected chi connectivity index (χ0v) is 11.8. The molecule has 0 spiro atoms. The number of fused-ring (bicyclic) bond motifs is 1. The summed E-state index contributed by atoms with van der Waals surface area (Å²) in [7, 11) is 0. The van der Waals surface area contributed by atoms with Gasteiger partial charge < -0.3 is 5.73 Å². The highest BCUT2D eigenvalue weighted by atomic mass is 79.9. The monoisotopic (exact) mass is 323 g/mol. The van der Waals surface area contributed by atoms with Crippen molar-refractivity contribution in [2.75, 3.05) is 6.54 Å². The van der Waals surface area contributed by atoms with E-state index in [9.17, 15) is 0 Å². The summed E-state index contributed by atoms with van der Waals surface area (Å²) < 4.78 is 2.78. The molecule has 0 amide bonds. The lowest BCUT2D eigenvalue weighted by molar-refractivity contribution is 0.871. The van der Waals surface area contributed by atoms with E-state index in [-0.39, 0.29) is 0 Å². The van der Waals surface area contributed by atoms with E-state index < -0.39 is 0 Å². The van der Waals surface area contributed by atoms with Crippen LogP contribution in [-0.2, 0) is 6.42 Å². The van der Waals surface area contributed by atoms with Gasteiger partial charge in [0, 0.05) is 16.5 Å². The van der Waals surface area contributed by atoms with Gasteiger partial charge in [0.1, 0.15) is 5.01 Å². The van der Waals surface area contributed by atoms with Crippen LogP contribution in [0.5, 0.6) is 0 Å². The Balaban J connectivity index is 2.11. The Morgan fingerprint density at radius 3 is 3.00 bits per heavy atom. The minimum absolute atomic E-state index is 0.594. The minimum atomic E-state index is 0.594. The topological polar surface area (TPSA) is 69.1 Å². The summed E-state index contributed by atoms with van der Waals surface area (Å²) in [6.45, 7) is 0.594. The van der Waals surface area contributed by atoms with Crippen molar-refractivity contribution in [2.45, 2.75) is 6.42 Å². The zero-order chi connectivity index (χ0) is 12.5. The van der Waals surface area contributed by atoms with Crippen LogP contribution in [0.2, 0.25) is 0 Å². The van der Waals surface area contributed by atoms with Gasteiger partial charge in [-0.15, -0.1) is 10.2 Å². The van der Waals surface area contributed by atoms with E-state index in [1.807, 2.05) is 24.3 Å². The summed E-state index contributed by atoms with van der Waals surface area (Å²) in [5.74, 6) is 0.755. The van der Waals surface area contributed by atoms with Crippen molar-refractivity contribution < 1.29 is 0 Å². The second-order valence-corrected chi connectivity index (χ2v) is 5.72. The van der Waals surface area contributed by atoms with Crippen LogP contribution in [0.4, 0.5) is 0 Å². The Labute approximate surface area is 116 Å². The molecular formula is C11H10BrN5S. The maximum absolute atomic E-state index is 5.54. The minimum Gasteiger partial charge on any atom is -0.330 e. The first kappa shape index (κ1) is 11.8. The smallest absolute Gasteiger partial charge is 0.234 e. The van der Waals surface area contributed by atoms with Crippen LogP contribution in [-0.4, -0.2) is 26.4 Å². The Bertz CT molecular complexity index is 690. The first-order chi connectivity index (χ1) is 8.78. The zero-order valence-electron chi connectivity index (χ0n) is 9.38. The summed E-state index contributed by atoms with van der Waals surface area (Å²) in [6.07, 6.45) is 0.770. The SMILES string of the molecule is NCCc1nn2c(-c3cccc(Br)c3)nnc2s1. The fourth-order valence-corrected chi connectivity index (χ4v) is 2.94. The standard InChI is InChI=1S/C11H10BrN5S/c12-8-3-1-2-7(6-8)10-14-15-11-17(10)16-9(18-11)4-5-13/h1-3,6H,4-5,13H2. The molecule has 0 atom stereocenters. The first-order valence-corrected chi connectivity index (χ1v) is 7.06. The first-order valence-electron chi connectivity index (χ1n) is 5.45. The van der Waals surface area contributed by atoms with Crippen LogP contribution in [0.1, 0.15) is 5.01 Å². The van der Waals surface area contributed by atoms with Crippen molar-refractivity contribution in [3.8, 4) is 11.4 Å². The van der Waals surface area contributed by atoms with Crippen molar-refractivity contribution in [1.82, 2.24) is 19.8 Å². The highest BCUT2D eigenvalue weighted by Crippen LogP contribution is 2.24. The molecule has 1 aromatic carbocycles. The summed E-state index contributed by atoms with van der Waals surface area (Å²) >= 11 is 4.98. The normalized spacial score (nSPS) is 11.2. The Kier molecular flexibility index (Phi) is 3.11. The van der Waals surface area contributed by atoms with E-state index in [1.165, 1.54) is 11.3 Å². The molecule has 5 nitrogen and oxygen atoms in total. The summed E-state index contributed by atoms with van der Waals surface area (Å²) in [5, 5.41) is 13.8. The molecule has 0 unspecified atom stereocenters. The molecule has 3 aromatic rings. The molecule has 18 heavy (non-hydrogen) atoms. The highest BCUT2D eigenvalue weighted by Gasteiger charge is 2.12. The second kappa shape index (κ2) is 4.75. The number of nitrogens with zero attached hydrogens (tertiary/aromatic N) is 4. The molecule has 0 saturated heterocycles. The van der Waals surface area contributed by atoms with Crippen LogP contribution < -0.4 is 5.73 Å². The lowest BCUT2D eigenvalue weighted by atomic mass is 10.2. The van der Waals surface area contributed by atoms with E-state index in [0.29, 0.717) is 6.54 Å². The third kappa shape index (κ3) is 2.05. The third-order valence-corrected chi connectivity index (χ3v) is 3.93. The number of halogens is 1. The number of hydrogen-bond donors (Lipinski definition) is 1. The van der Waals surface area contributed by atoms with Crippen molar-refractivity contribution in [3.05, 3.63) is 33.7 Å². The molecule has 0 aliphatic heterocycles. The Hall–Kier alpha value is -1.31. The van der Waals surface area contributed by atoms with Gasteiger partial charge in [-0.2, -0.15) is 9.61 Å². The Morgan fingerprint density at radius 2 is 2.22 bits per heavy atom. The van der Waals surface area contributed by atoms with Crippen LogP contribution in [0, 0.1) is 0 Å². The molecule has 7 heteroatoms. The maximum atomic E-state index is 5.54. The molecular weight excluding hydrogens is 314 g/mol. The predicted molar refractivity (Wildman–Crippen MR) is 74.6 cm³/mol. The third-order valence-electron chi connectivity index (χ3n) is 2.47. The van der Waals surface area contributed by atoms with Gasteiger partial charge >= 0.3 is 0 Å². The van der Waals surface area contributed by atoms with Crippen molar-refractivity contribution in [3.63, 3.8) is 0 Å². The lowest BCUT2D eigenvalue weighted by Crippen LogP contribution is -2.03. The summed E-state index contributed by atoms with van der Waals surface area (Å²) in [5.41, 5.74) is 6.52. The van der Waals surface area contributed by atoms with Gasteiger partial charge in [-0.25, -0.2) is 0 Å². The van der Waals surface area contributed by atoms with E-state index >= 15 is 0 Å². The molecule has 0 saturated carbocycles. The number of benzene rings is 1. The van der Waals surface area contributed by atoms with Gasteiger partial charge in [0.05, 0.1) is 0 Å². The van der Waals surface area contributed by atoms with Gasteiger partial charge in [-0.05, 0) is 18.7 Å². The van der Waals surface area contributed by atoms with Crippen LogP contribution in [0.3, 0.4) is 0 Å². The van der Waals surface area contributed by atoms with E-state index in [1.54, 1.807) is 4.52 Å². The average molecular weight is 324 g/mol. The molecule has 2 heterocycles. The van der Waals surface area contributed by atoms with Gasteiger partial charge in [0.25, 0.3) is 0 Å². The average Bonchev–Trinajstić information content (AvgIpc) is 2.88.